The summed E-state index contributed by atoms with van der Waals surface area (Å²) in [5.41, 5.74) is -1.88. The number of aliphatic carboxylic acids is 1. The molecule has 4 N–H and O–H groups in total. The first kappa shape index (κ1) is 35.2. The summed E-state index contributed by atoms with van der Waals surface area (Å²) in [6.07, 6.45) is 4.97. The summed E-state index contributed by atoms with van der Waals surface area (Å²) < 4.78 is 5.24. The van der Waals surface area contributed by atoms with Crippen molar-refractivity contribution < 1.29 is 48.8 Å². The summed E-state index contributed by atoms with van der Waals surface area (Å²) in [5.74, 6) is -3.75. The van der Waals surface area contributed by atoms with Crippen molar-refractivity contribution >= 4 is 35.3 Å². The molecule has 5 aliphatic rings. The number of amides is 2. The maximum absolute atomic E-state index is 13.5. The number of fused-ring (bicyclic) bond motifs is 5. The van der Waals surface area contributed by atoms with Crippen LogP contribution >= 0.6 is 0 Å². The molecule has 0 aromatic carbocycles. The average molecular weight is 659 g/mol. The van der Waals surface area contributed by atoms with E-state index in [-0.39, 0.29) is 60.6 Å². The van der Waals surface area contributed by atoms with Crippen molar-refractivity contribution in [3.8, 4) is 0 Å². The molecule has 2 amide bonds. The van der Waals surface area contributed by atoms with Gasteiger partial charge in [-0.3, -0.25) is 24.0 Å². The number of allylic oxidation sites excluding steroid dienone is 1. The SMILES string of the molecule is CC(C)[C@@H](NC(=O)CCC(=O)OCC(=O)[C@@]1(O)CC[C@H]2[C@@H]3CCC4=CC(=O)CC[C@]4(C)[C@H]3[C@H](O)C[C@@]21C)C(=O)N1CCC[C@@H]1C(=O)O. The molecule has 12 nitrogen and oxygen atoms in total. The highest BCUT2D eigenvalue weighted by Gasteiger charge is 2.68. The van der Waals surface area contributed by atoms with Gasteiger partial charge in [0.1, 0.15) is 17.7 Å². The molecular formula is C35H50N2O10. The largest absolute Gasteiger partial charge is 0.480 e. The smallest absolute Gasteiger partial charge is 0.326 e. The molecule has 260 valence electrons. The van der Waals surface area contributed by atoms with Gasteiger partial charge in [-0.1, -0.05) is 33.3 Å². The van der Waals surface area contributed by atoms with Crippen LogP contribution in [-0.2, 0) is 33.5 Å². The van der Waals surface area contributed by atoms with Crippen molar-refractivity contribution in [2.24, 2.45) is 34.5 Å². The zero-order valence-corrected chi connectivity index (χ0v) is 28.0. The number of carboxylic acids is 1. The highest BCUT2D eigenvalue weighted by Crippen LogP contribution is 2.67. The van der Waals surface area contributed by atoms with Crippen molar-refractivity contribution in [2.75, 3.05) is 13.2 Å². The van der Waals surface area contributed by atoms with Crippen LogP contribution in [0.25, 0.3) is 0 Å². The fourth-order valence-electron chi connectivity index (χ4n) is 9.93. The first-order valence-electron chi connectivity index (χ1n) is 17.2. The number of carbonyl (C=O) groups excluding carboxylic acids is 5. The third-order valence-electron chi connectivity index (χ3n) is 12.5. The lowest BCUT2D eigenvalue weighted by molar-refractivity contribution is -0.184. The van der Waals surface area contributed by atoms with Gasteiger partial charge in [-0.2, -0.15) is 0 Å². The number of rotatable bonds is 10. The van der Waals surface area contributed by atoms with Crippen molar-refractivity contribution in [1.29, 1.82) is 0 Å². The highest BCUT2D eigenvalue weighted by atomic mass is 16.5. The molecule has 4 aliphatic carbocycles. The Morgan fingerprint density at radius 3 is 2.47 bits per heavy atom. The van der Waals surface area contributed by atoms with Gasteiger partial charge in [0.25, 0.3) is 0 Å². The van der Waals surface area contributed by atoms with Gasteiger partial charge in [-0.25, -0.2) is 4.79 Å². The molecule has 1 heterocycles. The summed E-state index contributed by atoms with van der Waals surface area (Å²) in [6, 6.07) is -1.88. The van der Waals surface area contributed by atoms with Crippen LogP contribution in [0.5, 0.6) is 0 Å². The van der Waals surface area contributed by atoms with Crippen LogP contribution in [0.1, 0.15) is 98.3 Å². The van der Waals surface area contributed by atoms with E-state index in [0.717, 1.165) is 18.4 Å². The Labute approximate surface area is 275 Å². The van der Waals surface area contributed by atoms with Crippen LogP contribution < -0.4 is 5.32 Å². The zero-order chi connectivity index (χ0) is 34.5. The Hall–Kier alpha value is -3.12. The van der Waals surface area contributed by atoms with Crippen LogP contribution in [0.4, 0.5) is 0 Å². The average Bonchev–Trinajstić information content (AvgIpc) is 3.61. The number of likely N-dealkylation sites (tertiary alicyclic amines) is 1. The van der Waals surface area contributed by atoms with E-state index in [1.807, 2.05) is 6.92 Å². The van der Waals surface area contributed by atoms with Crippen LogP contribution in [0.2, 0.25) is 0 Å². The molecule has 1 aliphatic heterocycles. The Balaban J connectivity index is 1.15. The molecule has 3 saturated carbocycles. The van der Waals surface area contributed by atoms with Gasteiger partial charge in [0, 0.05) is 24.8 Å². The lowest BCUT2D eigenvalue weighted by Gasteiger charge is -2.60. The quantitative estimate of drug-likeness (QED) is 0.254. The molecule has 9 atom stereocenters. The van der Waals surface area contributed by atoms with Gasteiger partial charge < -0.3 is 30.3 Å². The van der Waals surface area contributed by atoms with E-state index in [0.29, 0.717) is 38.6 Å². The molecule has 0 aromatic heterocycles. The summed E-state index contributed by atoms with van der Waals surface area (Å²) in [5, 5.41) is 35.5. The second kappa shape index (κ2) is 13.1. The molecule has 0 bridgehead atoms. The Morgan fingerprint density at radius 2 is 1.79 bits per heavy atom. The topological polar surface area (TPSA) is 188 Å². The molecule has 0 radical (unpaired) electrons. The van der Waals surface area contributed by atoms with Crippen molar-refractivity contribution in [2.45, 2.75) is 122 Å². The summed E-state index contributed by atoms with van der Waals surface area (Å²) in [4.78, 5) is 76.9. The molecule has 12 heteroatoms. The van der Waals surface area contributed by atoms with Crippen LogP contribution in [-0.4, -0.2) is 92.5 Å². The number of nitrogens with one attached hydrogen (secondary N) is 1. The lowest BCUT2D eigenvalue weighted by Crippen LogP contribution is -2.62. The van der Waals surface area contributed by atoms with Gasteiger partial charge in [0.15, 0.2) is 12.4 Å². The maximum atomic E-state index is 13.5. The molecule has 47 heavy (non-hydrogen) atoms. The van der Waals surface area contributed by atoms with Crippen LogP contribution in [0.15, 0.2) is 11.6 Å². The number of Topliss-reactive ketones (excluding diaryl/α,β-unsaturated/α-hetero) is 1. The number of aliphatic hydroxyl groups is 2. The molecule has 4 fully saturated rings. The zero-order valence-electron chi connectivity index (χ0n) is 28.0. The second-order valence-electron chi connectivity index (χ2n) is 15.4. The predicted octanol–water partition coefficient (Wildman–Crippen LogP) is 2.33. The fourth-order valence-corrected chi connectivity index (χ4v) is 9.93. The van der Waals surface area contributed by atoms with Gasteiger partial charge >= 0.3 is 11.9 Å². The standard InChI is InChI=1S/C35H50N2O10/c1-19(2)30(31(43)37-15-5-6-24(37)32(44)45)36-27(41)9-10-28(42)47-18-26(40)35(46)14-12-23-22-8-7-20-16-21(38)11-13-33(20,3)29(22)25(39)17-34(23,35)4/h16,19,22-25,29-30,39,46H,5-15,17-18H2,1-4H3,(H,36,41)(H,44,45)/t22-,23-,24+,25+,29+,30+,33-,34-,35-/m0/s1. The summed E-state index contributed by atoms with van der Waals surface area (Å²) in [7, 11) is 0. The molecule has 1 saturated heterocycles. The number of carbonyl (C=O) groups is 6. The van der Waals surface area contributed by atoms with E-state index < -0.39 is 65.3 Å². The number of hydrogen-bond acceptors (Lipinski definition) is 9. The Morgan fingerprint density at radius 1 is 1.06 bits per heavy atom. The third-order valence-corrected chi connectivity index (χ3v) is 12.5. The maximum Gasteiger partial charge on any atom is 0.326 e. The van der Waals surface area contributed by atoms with Gasteiger partial charge in [-0.05, 0) is 86.5 Å². The van der Waals surface area contributed by atoms with Gasteiger partial charge in [0.05, 0.1) is 12.5 Å². The van der Waals surface area contributed by atoms with Gasteiger partial charge in [-0.15, -0.1) is 0 Å². The number of carboxylic acid groups (broad SMARTS) is 1. The number of esters is 1. The number of nitrogens with zero attached hydrogens (tertiary/aromatic N) is 1. The molecule has 0 aromatic rings. The van der Waals surface area contributed by atoms with E-state index in [1.165, 1.54) is 4.90 Å². The van der Waals surface area contributed by atoms with Crippen LogP contribution in [0.3, 0.4) is 0 Å². The Kier molecular flexibility index (Phi) is 9.78. The highest BCUT2D eigenvalue weighted by molar-refractivity contribution is 5.93. The minimum Gasteiger partial charge on any atom is -0.480 e. The normalized spacial score (nSPS) is 36.9. The minimum absolute atomic E-state index is 0.0109. The number of ether oxygens (including phenoxy) is 1. The van der Waals surface area contributed by atoms with E-state index in [1.54, 1.807) is 19.9 Å². The van der Waals surface area contributed by atoms with Gasteiger partial charge in [0.2, 0.25) is 17.6 Å². The van der Waals surface area contributed by atoms with Crippen molar-refractivity contribution in [3.63, 3.8) is 0 Å². The number of ketones is 2. The fraction of sp³-hybridized carbons (Fsp3) is 0.771. The summed E-state index contributed by atoms with van der Waals surface area (Å²) >= 11 is 0. The number of hydrogen-bond donors (Lipinski definition) is 4. The number of aliphatic hydroxyl groups excluding tert-OH is 1. The van der Waals surface area contributed by atoms with E-state index in [2.05, 4.69) is 12.2 Å². The Bertz CT molecular complexity index is 1360. The molecule has 5 rings (SSSR count). The first-order valence-corrected chi connectivity index (χ1v) is 17.2. The second-order valence-corrected chi connectivity index (χ2v) is 15.4. The third kappa shape index (κ3) is 6.16. The van der Waals surface area contributed by atoms with E-state index in [9.17, 15) is 44.1 Å². The van der Waals surface area contributed by atoms with E-state index >= 15 is 0 Å². The minimum atomic E-state index is -1.78. The van der Waals surface area contributed by atoms with Crippen molar-refractivity contribution in [3.05, 3.63) is 11.6 Å². The lowest BCUT2D eigenvalue weighted by atomic mass is 9.45. The molecule has 0 spiro atoms. The van der Waals surface area contributed by atoms with E-state index in [4.69, 9.17) is 4.74 Å². The molecule has 0 unspecified atom stereocenters. The molecular weight excluding hydrogens is 608 g/mol. The summed E-state index contributed by atoms with van der Waals surface area (Å²) in [6.45, 7) is 7.11. The predicted molar refractivity (Wildman–Crippen MR) is 167 cm³/mol. The van der Waals surface area contributed by atoms with Crippen LogP contribution in [0, 0.1) is 34.5 Å². The first-order chi connectivity index (χ1) is 22.0. The monoisotopic (exact) mass is 658 g/mol. The van der Waals surface area contributed by atoms with Crippen molar-refractivity contribution in [1.82, 2.24) is 10.2 Å².